The van der Waals surface area contributed by atoms with Crippen molar-refractivity contribution in [2.45, 2.75) is 19.9 Å². The molecule has 1 N–H and O–H groups in total. The first-order chi connectivity index (χ1) is 6.13. The van der Waals surface area contributed by atoms with E-state index < -0.39 is 0 Å². The van der Waals surface area contributed by atoms with Gasteiger partial charge in [0.25, 0.3) is 0 Å². The molecular weight excluding hydrogens is 186 g/mol. The molecule has 1 heterocycles. The number of rotatable bonds is 3. The second-order valence-electron chi connectivity index (χ2n) is 2.59. The van der Waals surface area contributed by atoms with Gasteiger partial charge in [0.05, 0.1) is 0 Å². The van der Waals surface area contributed by atoms with E-state index in [1.54, 1.807) is 6.08 Å². The van der Waals surface area contributed by atoms with Crippen LogP contribution < -0.4 is 5.32 Å². The molecule has 0 spiro atoms. The molecule has 4 nitrogen and oxygen atoms in total. The summed E-state index contributed by atoms with van der Waals surface area (Å²) < 4.78 is 4.02. The van der Waals surface area contributed by atoms with Crippen molar-refractivity contribution in [2.75, 3.05) is 0 Å². The Balaban J connectivity index is 2.78. The van der Waals surface area contributed by atoms with E-state index in [1.165, 1.54) is 18.5 Å². The van der Waals surface area contributed by atoms with Crippen LogP contribution in [0.5, 0.6) is 0 Å². The third-order valence-electron chi connectivity index (χ3n) is 1.40. The molecular formula is C8H11N3OS. The number of aromatic nitrogens is 2. The van der Waals surface area contributed by atoms with Crippen LogP contribution in [0, 0.1) is 6.92 Å². The average molecular weight is 197 g/mol. The van der Waals surface area contributed by atoms with Crippen LogP contribution in [0.1, 0.15) is 23.8 Å². The zero-order valence-electron chi connectivity index (χ0n) is 7.57. The summed E-state index contributed by atoms with van der Waals surface area (Å²) in [6.45, 7) is 6.90. The molecule has 0 aliphatic rings. The Labute approximate surface area is 80.9 Å². The van der Waals surface area contributed by atoms with E-state index in [-0.39, 0.29) is 11.9 Å². The summed E-state index contributed by atoms with van der Waals surface area (Å²) in [5.41, 5.74) is 0. The van der Waals surface area contributed by atoms with E-state index in [2.05, 4.69) is 21.3 Å². The van der Waals surface area contributed by atoms with Gasteiger partial charge in [-0.25, -0.2) is 4.98 Å². The second kappa shape index (κ2) is 4.13. The molecule has 1 amide bonds. The van der Waals surface area contributed by atoms with Crippen molar-refractivity contribution < 1.29 is 4.79 Å². The molecule has 1 aromatic heterocycles. The molecule has 0 aliphatic carbocycles. The van der Waals surface area contributed by atoms with Gasteiger partial charge in [0.1, 0.15) is 16.9 Å². The molecule has 0 fully saturated rings. The summed E-state index contributed by atoms with van der Waals surface area (Å²) in [5.74, 6) is 0.620. The minimum atomic E-state index is -0.219. The molecule has 0 saturated carbocycles. The van der Waals surface area contributed by atoms with Crippen molar-refractivity contribution in [1.29, 1.82) is 0 Å². The molecule has 1 unspecified atom stereocenters. The molecule has 0 saturated heterocycles. The first-order valence-electron chi connectivity index (χ1n) is 3.83. The molecule has 70 valence electrons. The fraction of sp³-hybridized carbons (Fsp3) is 0.375. The average Bonchev–Trinajstić information content (AvgIpc) is 2.47. The van der Waals surface area contributed by atoms with Gasteiger partial charge < -0.3 is 5.32 Å². The quantitative estimate of drug-likeness (QED) is 0.741. The maximum absolute atomic E-state index is 10.8. The van der Waals surface area contributed by atoms with Crippen LogP contribution in [0.15, 0.2) is 12.7 Å². The molecule has 0 bridgehead atoms. The largest absolute Gasteiger partial charge is 0.344 e. The van der Waals surface area contributed by atoms with Gasteiger partial charge in [-0.2, -0.15) is 4.37 Å². The van der Waals surface area contributed by atoms with E-state index in [1.807, 2.05) is 6.92 Å². The van der Waals surface area contributed by atoms with Crippen molar-refractivity contribution in [3.63, 3.8) is 0 Å². The number of carbonyl (C=O) groups excluding carboxylic acids is 1. The number of carbonyl (C=O) groups is 1. The van der Waals surface area contributed by atoms with Crippen LogP contribution in [-0.2, 0) is 4.79 Å². The molecule has 1 aromatic rings. The second-order valence-corrected chi connectivity index (χ2v) is 3.38. The fourth-order valence-electron chi connectivity index (χ4n) is 0.880. The maximum Gasteiger partial charge on any atom is 0.217 e. The third-order valence-corrected chi connectivity index (χ3v) is 2.29. The highest BCUT2D eigenvalue weighted by molar-refractivity contribution is 7.05. The van der Waals surface area contributed by atoms with Gasteiger partial charge in [0.2, 0.25) is 5.91 Å². The van der Waals surface area contributed by atoms with Crippen LogP contribution in [0.25, 0.3) is 0 Å². The van der Waals surface area contributed by atoms with E-state index in [9.17, 15) is 4.79 Å². The zero-order valence-corrected chi connectivity index (χ0v) is 8.39. The van der Waals surface area contributed by atoms with Crippen molar-refractivity contribution in [3.05, 3.63) is 23.5 Å². The number of nitrogens with zero attached hydrogens (tertiary/aromatic N) is 2. The number of aryl methyl sites for hydroxylation is 1. The van der Waals surface area contributed by atoms with Crippen LogP contribution in [0.3, 0.4) is 0 Å². The maximum atomic E-state index is 10.8. The predicted octanol–water partition coefficient (Wildman–Crippen LogP) is 1.21. The van der Waals surface area contributed by atoms with E-state index >= 15 is 0 Å². The normalized spacial score (nSPS) is 12.2. The lowest BCUT2D eigenvalue weighted by molar-refractivity contribution is -0.119. The van der Waals surface area contributed by atoms with Gasteiger partial charge in [0.15, 0.2) is 0 Å². The first-order valence-corrected chi connectivity index (χ1v) is 4.60. The first kappa shape index (κ1) is 9.85. The van der Waals surface area contributed by atoms with E-state index in [0.717, 1.165) is 10.8 Å². The molecule has 0 aliphatic heterocycles. The summed E-state index contributed by atoms with van der Waals surface area (Å²) >= 11 is 1.28. The molecule has 5 heteroatoms. The molecule has 13 heavy (non-hydrogen) atoms. The highest BCUT2D eigenvalue weighted by Gasteiger charge is 2.12. The molecule has 1 atom stereocenters. The number of hydrogen-bond acceptors (Lipinski definition) is 4. The summed E-state index contributed by atoms with van der Waals surface area (Å²) in [7, 11) is 0. The van der Waals surface area contributed by atoms with Gasteiger partial charge >= 0.3 is 0 Å². The highest BCUT2D eigenvalue weighted by atomic mass is 32.1. The Kier molecular flexibility index (Phi) is 3.13. The Morgan fingerprint density at radius 2 is 2.46 bits per heavy atom. The third kappa shape index (κ3) is 2.62. The summed E-state index contributed by atoms with van der Waals surface area (Å²) in [6, 6.07) is -0.219. The number of hydrogen-bond donors (Lipinski definition) is 1. The van der Waals surface area contributed by atoms with E-state index in [0.29, 0.717) is 0 Å². The van der Waals surface area contributed by atoms with Crippen molar-refractivity contribution in [2.24, 2.45) is 0 Å². The lowest BCUT2D eigenvalue weighted by Gasteiger charge is -2.08. The Hall–Kier alpha value is -1.23. The van der Waals surface area contributed by atoms with Crippen molar-refractivity contribution >= 4 is 17.4 Å². The monoisotopic (exact) mass is 197 g/mol. The number of amides is 1. The minimum Gasteiger partial charge on any atom is -0.344 e. The summed E-state index contributed by atoms with van der Waals surface area (Å²) in [6.07, 6.45) is 1.64. The predicted molar refractivity (Wildman–Crippen MR) is 51.4 cm³/mol. The zero-order chi connectivity index (χ0) is 9.84. The van der Waals surface area contributed by atoms with Crippen LogP contribution in [-0.4, -0.2) is 15.3 Å². The van der Waals surface area contributed by atoms with Crippen LogP contribution >= 0.6 is 11.5 Å². The molecule has 0 aromatic carbocycles. The Morgan fingerprint density at radius 1 is 1.77 bits per heavy atom. The van der Waals surface area contributed by atoms with Gasteiger partial charge in [-0.15, -0.1) is 6.58 Å². The highest BCUT2D eigenvalue weighted by Crippen LogP contribution is 2.15. The minimum absolute atomic E-state index is 0.0993. The fourth-order valence-corrected chi connectivity index (χ4v) is 1.59. The van der Waals surface area contributed by atoms with Crippen molar-refractivity contribution in [3.8, 4) is 0 Å². The summed E-state index contributed by atoms with van der Waals surface area (Å²) in [5, 5.41) is 3.48. The van der Waals surface area contributed by atoms with Crippen molar-refractivity contribution in [1.82, 2.24) is 14.7 Å². The van der Waals surface area contributed by atoms with Gasteiger partial charge in [0, 0.05) is 6.92 Å². The Bertz CT molecular complexity index is 321. The molecule has 1 rings (SSSR count). The molecule has 0 radical (unpaired) electrons. The Morgan fingerprint density at radius 3 is 2.85 bits per heavy atom. The van der Waals surface area contributed by atoms with Crippen LogP contribution in [0.2, 0.25) is 0 Å². The smallest absolute Gasteiger partial charge is 0.217 e. The van der Waals surface area contributed by atoms with Gasteiger partial charge in [-0.3, -0.25) is 4.79 Å². The summed E-state index contributed by atoms with van der Waals surface area (Å²) in [4.78, 5) is 14.9. The van der Waals surface area contributed by atoms with Gasteiger partial charge in [-0.05, 0) is 18.5 Å². The number of nitrogens with one attached hydrogen (secondary N) is 1. The van der Waals surface area contributed by atoms with Crippen LogP contribution in [0.4, 0.5) is 0 Å². The SMILES string of the molecule is C=CC(NC(C)=O)c1nc(C)ns1. The standard InChI is InChI=1S/C8H11N3OS/c1-4-7(10-6(3)12)8-9-5(2)11-13-8/h4,7H,1H2,2-3H3,(H,10,12). The van der Waals surface area contributed by atoms with Gasteiger partial charge in [-0.1, -0.05) is 6.08 Å². The topological polar surface area (TPSA) is 54.9 Å². The lowest BCUT2D eigenvalue weighted by Crippen LogP contribution is -2.24. The van der Waals surface area contributed by atoms with E-state index in [4.69, 9.17) is 0 Å². The lowest BCUT2D eigenvalue weighted by atomic mass is 10.3.